The molecule has 1 N–H and O–H groups in total. The van der Waals surface area contributed by atoms with Gasteiger partial charge < -0.3 is 10.1 Å². The average Bonchev–Trinajstić information content (AvgIpc) is 2.84. The molecule has 0 aliphatic carbocycles. The lowest BCUT2D eigenvalue weighted by Crippen LogP contribution is -2.13. The third-order valence-corrected chi connectivity index (χ3v) is 4.25. The van der Waals surface area contributed by atoms with Gasteiger partial charge >= 0.3 is 0 Å². The van der Waals surface area contributed by atoms with Gasteiger partial charge in [0.15, 0.2) is 0 Å². The zero-order chi connectivity index (χ0) is 14.4. The van der Waals surface area contributed by atoms with E-state index in [2.05, 4.69) is 12.2 Å². The number of nitrogens with one attached hydrogen (secondary N) is 1. The van der Waals surface area contributed by atoms with E-state index in [0.717, 1.165) is 34.3 Å². The van der Waals surface area contributed by atoms with Gasteiger partial charge in [-0.1, -0.05) is 36.2 Å². The molecule has 108 valence electrons. The maximum Gasteiger partial charge on any atom is 0.138 e. The van der Waals surface area contributed by atoms with Gasteiger partial charge in [0.05, 0.1) is 9.36 Å². The minimum absolute atomic E-state index is 0.491. The largest absolute Gasteiger partial charge is 0.487 e. The molecule has 5 heteroatoms. The Morgan fingerprint density at radius 3 is 2.70 bits per heavy atom. The highest BCUT2D eigenvalue weighted by Gasteiger charge is 2.05. The Morgan fingerprint density at radius 1 is 1.20 bits per heavy atom. The quantitative estimate of drug-likeness (QED) is 0.710. The lowest BCUT2D eigenvalue weighted by atomic mass is 10.2. The van der Waals surface area contributed by atoms with Crippen LogP contribution >= 0.6 is 34.5 Å². The van der Waals surface area contributed by atoms with Crippen molar-refractivity contribution in [3.8, 4) is 5.75 Å². The molecule has 2 nitrogen and oxygen atoms in total. The van der Waals surface area contributed by atoms with E-state index in [9.17, 15) is 0 Å². The van der Waals surface area contributed by atoms with Gasteiger partial charge in [0.25, 0.3) is 0 Å². The molecule has 1 heterocycles. The fourth-order valence-corrected chi connectivity index (χ4v) is 3.02. The molecule has 0 radical (unpaired) electrons. The molecule has 0 saturated carbocycles. The second-order valence-electron chi connectivity index (χ2n) is 4.44. The standard InChI is InChI=1S/C15H17Cl2NOS/c1-2-7-18-9-11-3-5-14(13(16)8-11)19-10-12-4-6-15(17)20-12/h3-6,8,18H,2,7,9-10H2,1H3. The lowest BCUT2D eigenvalue weighted by Gasteiger charge is -2.09. The van der Waals surface area contributed by atoms with Crippen LogP contribution in [-0.2, 0) is 13.2 Å². The van der Waals surface area contributed by atoms with Crippen LogP contribution in [0.15, 0.2) is 30.3 Å². The van der Waals surface area contributed by atoms with Crippen LogP contribution in [0.2, 0.25) is 9.36 Å². The Morgan fingerprint density at radius 2 is 2.05 bits per heavy atom. The molecule has 20 heavy (non-hydrogen) atoms. The van der Waals surface area contributed by atoms with E-state index in [4.69, 9.17) is 27.9 Å². The summed E-state index contributed by atoms with van der Waals surface area (Å²) in [5, 5.41) is 3.99. The molecule has 1 aromatic heterocycles. The smallest absolute Gasteiger partial charge is 0.138 e. The Balaban J connectivity index is 1.92. The lowest BCUT2D eigenvalue weighted by molar-refractivity contribution is 0.310. The minimum Gasteiger partial charge on any atom is -0.487 e. The molecule has 0 bridgehead atoms. The van der Waals surface area contributed by atoms with Crippen LogP contribution in [-0.4, -0.2) is 6.54 Å². The summed E-state index contributed by atoms with van der Waals surface area (Å²) in [6, 6.07) is 9.73. The third kappa shape index (κ3) is 4.67. The first-order chi connectivity index (χ1) is 9.69. The van der Waals surface area contributed by atoms with Crippen molar-refractivity contribution < 1.29 is 4.74 Å². The molecule has 0 aliphatic heterocycles. The summed E-state index contributed by atoms with van der Waals surface area (Å²) in [7, 11) is 0. The van der Waals surface area contributed by atoms with Crippen LogP contribution in [0.4, 0.5) is 0 Å². The van der Waals surface area contributed by atoms with Crippen molar-refractivity contribution >= 4 is 34.5 Å². The monoisotopic (exact) mass is 329 g/mol. The molecular weight excluding hydrogens is 313 g/mol. The first kappa shape index (κ1) is 15.6. The number of rotatable bonds is 7. The fraction of sp³-hybridized carbons (Fsp3) is 0.333. The predicted molar refractivity (Wildman–Crippen MR) is 87.1 cm³/mol. The summed E-state index contributed by atoms with van der Waals surface area (Å²) in [6.45, 7) is 4.47. The van der Waals surface area contributed by atoms with Crippen LogP contribution < -0.4 is 10.1 Å². The number of hydrogen-bond acceptors (Lipinski definition) is 3. The van der Waals surface area contributed by atoms with Gasteiger partial charge in [0.1, 0.15) is 12.4 Å². The summed E-state index contributed by atoms with van der Waals surface area (Å²) in [5.41, 5.74) is 1.16. The van der Waals surface area contributed by atoms with Gasteiger partial charge in [-0.05, 0) is 42.8 Å². The van der Waals surface area contributed by atoms with Gasteiger partial charge in [0.2, 0.25) is 0 Å². The minimum atomic E-state index is 0.491. The van der Waals surface area contributed by atoms with E-state index in [1.54, 1.807) is 0 Å². The second-order valence-corrected chi connectivity index (χ2v) is 6.64. The molecule has 0 fully saturated rings. The van der Waals surface area contributed by atoms with E-state index < -0.39 is 0 Å². The van der Waals surface area contributed by atoms with Crippen molar-refractivity contribution in [2.24, 2.45) is 0 Å². The van der Waals surface area contributed by atoms with E-state index in [0.29, 0.717) is 17.4 Å². The molecule has 0 spiro atoms. The van der Waals surface area contributed by atoms with Gasteiger partial charge in [-0.25, -0.2) is 0 Å². The fourth-order valence-electron chi connectivity index (χ4n) is 1.76. The van der Waals surface area contributed by atoms with Crippen LogP contribution in [0.25, 0.3) is 0 Å². The molecule has 0 aliphatic rings. The molecule has 2 rings (SSSR count). The molecule has 1 aromatic carbocycles. The Labute approximate surface area is 133 Å². The molecule has 0 saturated heterocycles. The average molecular weight is 330 g/mol. The topological polar surface area (TPSA) is 21.3 Å². The SMILES string of the molecule is CCCNCc1ccc(OCc2ccc(Cl)s2)c(Cl)c1. The molecule has 0 atom stereocenters. The summed E-state index contributed by atoms with van der Waals surface area (Å²) < 4.78 is 6.49. The van der Waals surface area contributed by atoms with Gasteiger partial charge in [-0.3, -0.25) is 0 Å². The maximum absolute atomic E-state index is 6.24. The van der Waals surface area contributed by atoms with Gasteiger partial charge in [-0.15, -0.1) is 11.3 Å². The molecule has 0 amide bonds. The highest BCUT2D eigenvalue weighted by molar-refractivity contribution is 7.16. The van der Waals surface area contributed by atoms with Crippen LogP contribution in [0.5, 0.6) is 5.75 Å². The predicted octanol–water partition coefficient (Wildman–Crippen LogP) is 5.13. The van der Waals surface area contributed by atoms with Crippen molar-refractivity contribution in [2.75, 3.05) is 6.54 Å². The van der Waals surface area contributed by atoms with Crippen molar-refractivity contribution in [2.45, 2.75) is 26.5 Å². The van der Waals surface area contributed by atoms with Crippen LogP contribution in [0, 0.1) is 0 Å². The summed E-state index contributed by atoms with van der Waals surface area (Å²) in [5.74, 6) is 0.704. The number of halogens is 2. The van der Waals surface area contributed by atoms with Crippen LogP contribution in [0.1, 0.15) is 23.8 Å². The number of thiophene rings is 1. The first-order valence-electron chi connectivity index (χ1n) is 6.55. The second kappa shape index (κ2) is 7.89. The third-order valence-electron chi connectivity index (χ3n) is 2.75. The molecule has 2 aromatic rings. The van der Waals surface area contributed by atoms with Crippen molar-refractivity contribution in [3.63, 3.8) is 0 Å². The molecular formula is C15H17Cl2NOS. The number of benzene rings is 1. The van der Waals surface area contributed by atoms with E-state index in [1.165, 1.54) is 11.3 Å². The Bertz CT molecular complexity index is 557. The highest BCUT2D eigenvalue weighted by Crippen LogP contribution is 2.28. The van der Waals surface area contributed by atoms with E-state index >= 15 is 0 Å². The Hall–Kier alpha value is -0.740. The highest BCUT2D eigenvalue weighted by atomic mass is 35.5. The van der Waals surface area contributed by atoms with Crippen molar-refractivity contribution in [1.29, 1.82) is 0 Å². The summed E-state index contributed by atoms with van der Waals surface area (Å²) in [6.07, 6.45) is 1.12. The summed E-state index contributed by atoms with van der Waals surface area (Å²) in [4.78, 5) is 1.08. The number of ether oxygens (including phenoxy) is 1. The zero-order valence-corrected chi connectivity index (χ0v) is 13.6. The maximum atomic E-state index is 6.24. The molecule has 0 unspecified atom stereocenters. The van der Waals surface area contributed by atoms with E-state index in [-0.39, 0.29) is 0 Å². The van der Waals surface area contributed by atoms with Crippen LogP contribution in [0.3, 0.4) is 0 Å². The van der Waals surface area contributed by atoms with Crippen molar-refractivity contribution in [1.82, 2.24) is 5.32 Å². The normalized spacial score (nSPS) is 10.8. The van der Waals surface area contributed by atoms with Crippen molar-refractivity contribution in [3.05, 3.63) is 50.1 Å². The number of hydrogen-bond donors (Lipinski definition) is 1. The van der Waals surface area contributed by atoms with Gasteiger partial charge in [0, 0.05) is 11.4 Å². The zero-order valence-electron chi connectivity index (χ0n) is 11.3. The Kier molecular flexibility index (Phi) is 6.17. The van der Waals surface area contributed by atoms with Gasteiger partial charge in [-0.2, -0.15) is 0 Å². The summed E-state index contributed by atoms with van der Waals surface area (Å²) >= 11 is 13.6. The first-order valence-corrected chi connectivity index (χ1v) is 8.12. The van der Waals surface area contributed by atoms with E-state index in [1.807, 2.05) is 30.3 Å².